The fourth-order valence-corrected chi connectivity index (χ4v) is 3.29. The summed E-state index contributed by atoms with van der Waals surface area (Å²) in [6.45, 7) is 0. The third-order valence-electron chi connectivity index (χ3n) is 4.59. The van der Waals surface area contributed by atoms with Crippen LogP contribution in [0.5, 0.6) is 0 Å². The summed E-state index contributed by atoms with van der Waals surface area (Å²) in [5.74, 6) is 0.576. The number of aryl methyl sites for hydroxylation is 1. The zero-order chi connectivity index (χ0) is 18.1. The van der Waals surface area contributed by atoms with Crippen molar-refractivity contribution in [1.82, 2.24) is 14.8 Å². The lowest BCUT2D eigenvalue weighted by Gasteiger charge is -2.23. The second-order valence-electron chi connectivity index (χ2n) is 6.29. The molecule has 1 aliphatic carbocycles. The van der Waals surface area contributed by atoms with Gasteiger partial charge >= 0.3 is 0 Å². The van der Waals surface area contributed by atoms with Crippen molar-refractivity contribution < 1.29 is 4.92 Å². The standard InChI is InChI=1S/C18H17N5O3/c24-18-15-11-13(20-12-4-7-14(8-5-12)23(25)26)6-9-16(15)21-22(18)17-3-1-2-10-19-17/h1-5,7-8,10,13,20-21H,6,9,11H2. The zero-order valence-electron chi connectivity index (χ0n) is 13.9. The van der Waals surface area contributed by atoms with Crippen molar-refractivity contribution in [1.29, 1.82) is 0 Å². The Hall–Kier alpha value is -3.42. The van der Waals surface area contributed by atoms with Crippen LogP contribution in [0.3, 0.4) is 0 Å². The van der Waals surface area contributed by atoms with Gasteiger partial charge in [-0.2, -0.15) is 0 Å². The number of nitro benzene ring substituents is 1. The molecule has 1 aliphatic rings. The molecule has 2 heterocycles. The molecule has 0 radical (unpaired) electrons. The van der Waals surface area contributed by atoms with E-state index in [0.29, 0.717) is 12.2 Å². The van der Waals surface area contributed by atoms with Crippen LogP contribution in [0.1, 0.15) is 17.7 Å². The molecule has 0 bridgehead atoms. The predicted molar refractivity (Wildman–Crippen MR) is 96.7 cm³/mol. The van der Waals surface area contributed by atoms with E-state index in [1.807, 2.05) is 12.1 Å². The lowest BCUT2D eigenvalue weighted by Crippen LogP contribution is -2.30. The van der Waals surface area contributed by atoms with Gasteiger partial charge in [0.1, 0.15) is 0 Å². The van der Waals surface area contributed by atoms with E-state index in [4.69, 9.17) is 0 Å². The minimum absolute atomic E-state index is 0.0605. The highest BCUT2D eigenvalue weighted by atomic mass is 16.6. The maximum atomic E-state index is 12.7. The molecule has 8 nitrogen and oxygen atoms in total. The average molecular weight is 351 g/mol. The summed E-state index contributed by atoms with van der Waals surface area (Å²) in [4.78, 5) is 27.3. The van der Waals surface area contributed by atoms with Crippen LogP contribution >= 0.6 is 0 Å². The Labute approximate surface area is 148 Å². The molecule has 1 atom stereocenters. The van der Waals surface area contributed by atoms with E-state index in [-0.39, 0.29) is 17.3 Å². The van der Waals surface area contributed by atoms with Crippen LogP contribution in [0.25, 0.3) is 5.82 Å². The largest absolute Gasteiger partial charge is 0.382 e. The summed E-state index contributed by atoms with van der Waals surface area (Å²) in [5.41, 5.74) is 2.51. The van der Waals surface area contributed by atoms with Gasteiger partial charge in [-0.3, -0.25) is 20.0 Å². The molecule has 0 saturated carbocycles. The number of non-ortho nitro benzene ring substituents is 1. The molecule has 0 amide bonds. The molecule has 8 heteroatoms. The first kappa shape index (κ1) is 16.1. The van der Waals surface area contributed by atoms with Crippen LogP contribution in [0.15, 0.2) is 53.5 Å². The van der Waals surface area contributed by atoms with E-state index in [2.05, 4.69) is 15.4 Å². The van der Waals surface area contributed by atoms with E-state index >= 15 is 0 Å². The molecule has 1 unspecified atom stereocenters. The number of aromatic nitrogens is 3. The Morgan fingerprint density at radius 3 is 2.73 bits per heavy atom. The van der Waals surface area contributed by atoms with Gasteiger partial charge in [-0.25, -0.2) is 9.67 Å². The molecular formula is C18H17N5O3. The minimum atomic E-state index is -0.420. The van der Waals surface area contributed by atoms with E-state index in [1.54, 1.807) is 24.4 Å². The number of anilines is 1. The zero-order valence-corrected chi connectivity index (χ0v) is 13.9. The molecule has 4 rings (SSSR count). The highest BCUT2D eigenvalue weighted by Crippen LogP contribution is 2.22. The van der Waals surface area contributed by atoms with Gasteiger partial charge in [0.15, 0.2) is 5.82 Å². The van der Waals surface area contributed by atoms with E-state index in [1.165, 1.54) is 16.8 Å². The number of aromatic amines is 1. The quantitative estimate of drug-likeness (QED) is 0.555. The van der Waals surface area contributed by atoms with Crippen molar-refractivity contribution in [3.63, 3.8) is 0 Å². The predicted octanol–water partition coefficient (Wildman–Crippen LogP) is 2.44. The number of rotatable bonds is 4. The molecule has 0 fully saturated rings. The summed E-state index contributed by atoms with van der Waals surface area (Å²) in [6, 6.07) is 11.9. The summed E-state index contributed by atoms with van der Waals surface area (Å²) >= 11 is 0. The third kappa shape index (κ3) is 2.97. The van der Waals surface area contributed by atoms with Gasteiger partial charge in [0, 0.05) is 41.3 Å². The maximum absolute atomic E-state index is 12.7. The van der Waals surface area contributed by atoms with Crippen LogP contribution in [0, 0.1) is 10.1 Å². The fraction of sp³-hybridized carbons (Fsp3) is 0.222. The highest BCUT2D eigenvalue weighted by Gasteiger charge is 2.25. The summed E-state index contributed by atoms with van der Waals surface area (Å²) < 4.78 is 1.49. The lowest BCUT2D eigenvalue weighted by atomic mass is 9.93. The number of fused-ring (bicyclic) bond motifs is 1. The van der Waals surface area contributed by atoms with Gasteiger partial charge in [0.05, 0.1) is 4.92 Å². The second kappa shape index (κ2) is 6.47. The van der Waals surface area contributed by atoms with Crippen LogP contribution in [-0.4, -0.2) is 25.7 Å². The van der Waals surface area contributed by atoms with E-state index < -0.39 is 4.92 Å². The fourth-order valence-electron chi connectivity index (χ4n) is 3.29. The Balaban J connectivity index is 1.54. The SMILES string of the molecule is O=c1c2c([nH]n1-c1ccccn1)CCC(Nc1ccc([N+](=O)[O-])cc1)C2. The monoisotopic (exact) mass is 351 g/mol. The second-order valence-corrected chi connectivity index (χ2v) is 6.29. The van der Waals surface area contributed by atoms with Gasteiger partial charge < -0.3 is 5.32 Å². The third-order valence-corrected chi connectivity index (χ3v) is 4.59. The Morgan fingerprint density at radius 2 is 2.04 bits per heavy atom. The van der Waals surface area contributed by atoms with Crippen LogP contribution in [0.2, 0.25) is 0 Å². The van der Waals surface area contributed by atoms with Crippen molar-refractivity contribution in [3.8, 4) is 5.82 Å². The van der Waals surface area contributed by atoms with Gasteiger partial charge in [0.25, 0.3) is 11.2 Å². The van der Waals surface area contributed by atoms with Crippen molar-refractivity contribution >= 4 is 11.4 Å². The molecule has 3 aromatic rings. The maximum Gasteiger partial charge on any atom is 0.276 e. The topological polar surface area (TPSA) is 106 Å². The number of nitro groups is 1. The number of nitrogens with zero attached hydrogens (tertiary/aromatic N) is 3. The molecule has 0 saturated heterocycles. The number of benzene rings is 1. The van der Waals surface area contributed by atoms with Crippen LogP contribution in [-0.2, 0) is 12.8 Å². The van der Waals surface area contributed by atoms with Gasteiger partial charge in [-0.1, -0.05) is 6.07 Å². The minimum Gasteiger partial charge on any atom is -0.382 e. The Morgan fingerprint density at radius 1 is 1.23 bits per heavy atom. The van der Waals surface area contributed by atoms with Crippen LogP contribution < -0.4 is 10.9 Å². The molecule has 2 aromatic heterocycles. The average Bonchev–Trinajstić information content (AvgIpc) is 2.99. The summed E-state index contributed by atoms with van der Waals surface area (Å²) in [6.07, 6.45) is 3.88. The highest BCUT2D eigenvalue weighted by molar-refractivity contribution is 5.49. The molecule has 0 aliphatic heterocycles. The molecule has 2 N–H and O–H groups in total. The summed E-state index contributed by atoms with van der Waals surface area (Å²) in [7, 11) is 0. The molecule has 132 valence electrons. The van der Waals surface area contributed by atoms with Crippen LogP contribution in [0.4, 0.5) is 11.4 Å². The normalized spacial score (nSPS) is 16.1. The van der Waals surface area contributed by atoms with Crippen molar-refractivity contribution in [2.24, 2.45) is 0 Å². The summed E-state index contributed by atoms with van der Waals surface area (Å²) in [5, 5.41) is 17.3. The van der Waals surface area contributed by atoms with Crippen molar-refractivity contribution in [3.05, 3.63) is 80.4 Å². The number of hydrogen-bond donors (Lipinski definition) is 2. The molecule has 1 aromatic carbocycles. The number of H-pyrrole nitrogens is 1. The first-order valence-electron chi connectivity index (χ1n) is 8.37. The molecule has 26 heavy (non-hydrogen) atoms. The number of hydrogen-bond acceptors (Lipinski definition) is 5. The number of pyridine rings is 1. The lowest BCUT2D eigenvalue weighted by molar-refractivity contribution is -0.384. The Bertz CT molecular complexity index is 992. The van der Waals surface area contributed by atoms with E-state index in [9.17, 15) is 14.9 Å². The first-order chi connectivity index (χ1) is 12.6. The Kier molecular flexibility index (Phi) is 4.00. The molecule has 0 spiro atoms. The smallest absolute Gasteiger partial charge is 0.276 e. The van der Waals surface area contributed by atoms with E-state index in [0.717, 1.165) is 29.8 Å². The van der Waals surface area contributed by atoms with Crippen molar-refractivity contribution in [2.45, 2.75) is 25.3 Å². The van der Waals surface area contributed by atoms with Gasteiger partial charge in [-0.15, -0.1) is 0 Å². The number of nitrogens with one attached hydrogen (secondary N) is 2. The van der Waals surface area contributed by atoms with Crippen molar-refractivity contribution in [2.75, 3.05) is 5.32 Å². The molecular weight excluding hydrogens is 334 g/mol. The van der Waals surface area contributed by atoms with Gasteiger partial charge in [-0.05, 0) is 43.5 Å². The first-order valence-corrected chi connectivity index (χ1v) is 8.37. The van der Waals surface area contributed by atoms with Gasteiger partial charge in [0.2, 0.25) is 0 Å².